The molecule has 0 atom stereocenters. The Kier molecular flexibility index (Phi) is 3.46. The van der Waals surface area contributed by atoms with Crippen molar-refractivity contribution >= 4 is 5.91 Å². The third-order valence-electron chi connectivity index (χ3n) is 4.03. The quantitative estimate of drug-likeness (QED) is 0.777. The topological polar surface area (TPSA) is 55.3 Å². The fraction of sp³-hybridized carbons (Fsp3) is 0.105. The van der Waals surface area contributed by atoms with Crippen molar-refractivity contribution in [1.29, 1.82) is 0 Å². The average molecular weight is 319 g/mol. The highest BCUT2D eigenvalue weighted by Gasteiger charge is 2.24. The summed E-state index contributed by atoms with van der Waals surface area (Å²) in [7, 11) is 0. The van der Waals surface area contributed by atoms with Crippen LogP contribution in [0.4, 0.5) is 0 Å². The second-order valence-corrected chi connectivity index (χ2v) is 5.65. The van der Waals surface area contributed by atoms with E-state index in [1.165, 1.54) is 0 Å². The molecule has 2 heterocycles. The normalized spacial score (nSPS) is 13.0. The third kappa shape index (κ3) is 2.40. The highest BCUT2D eigenvalue weighted by atomic mass is 16.5. The number of benzene rings is 2. The molecular weight excluding hydrogens is 302 g/mol. The maximum Gasteiger partial charge on any atom is 0.271 e. The van der Waals surface area contributed by atoms with Crippen molar-refractivity contribution in [2.75, 3.05) is 12.1 Å². The minimum Gasteiger partial charge on any atom is -0.457 e. The fourth-order valence-corrected chi connectivity index (χ4v) is 2.94. The lowest BCUT2D eigenvalue weighted by Crippen LogP contribution is -2.41. The molecule has 0 aliphatic carbocycles. The number of amides is 1. The van der Waals surface area contributed by atoms with Crippen LogP contribution in [-0.4, -0.2) is 17.3 Å². The molecule has 4 rings (SSSR count). The van der Waals surface area contributed by atoms with E-state index in [4.69, 9.17) is 4.74 Å². The molecule has 1 aliphatic rings. The number of ether oxygens (including phenoxy) is 1. The van der Waals surface area contributed by atoms with Gasteiger partial charge in [-0.3, -0.25) is 9.47 Å². The van der Waals surface area contributed by atoms with Gasteiger partial charge >= 0.3 is 0 Å². The van der Waals surface area contributed by atoms with Crippen LogP contribution < -0.4 is 15.5 Å². The molecule has 0 unspecified atom stereocenters. The first-order chi connectivity index (χ1) is 11.7. The number of hydrogen-bond acceptors (Lipinski definition) is 3. The highest BCUT2D eigenvalue weighted by molar-refractivity contribution is 5.96. The van der Waals surface area contributed by atoms with Gasteiger partial charge in [-0.15, -0.1) is 0 Å². The molecule has 2 aromatic carbocycles. The van der Waals surface area contributed by atoms with Crippen LogP contribution in [0.1, 0.15) is 16.1 Å². The molecule has 5 nitrogen and oxygen atoms in total. The molecule has 0 saturated carbocycles. The molecule has 120 valence electrons. The zero-order valence-corrected chi connectivity index (χ0v) is 13.2. The van der Waals surface area contributed by atoms with Crippen molar-refractivity contribution in [3.8, 4) is 22.8 Å². The molecule has 1 aromatic heterocycles. The zero-order chi connectivity index (χ0) is 16.5. The Labute approximate surface area is 139 Å². The van der Waals surface area contributed by atoms with Gasteiger partial charge in [0.05, 0.1) is 5.69 Å². The fourth-order valence-electron chi connectivity index (χ4n) is 2.94. The Balaban J connectivity index is 1.81. The van der Waals surface area contributed by atoms with Crippen LogP contribution in [-0.2, 0) is 0 Å². The molecule has 1 aliphatic heterocycles. The van der Waals surface area contributed by atoms with E-state index in [0.29, 0.717) is 12.4 Å². The summed E-state index contributed by atoms with van der Waals surface area (Å²) in [4.78, 5) is 12.1. The number of hydrogen-bond donors (Lipinski definition) is 2. The van der Waals surface area contributed by atoms with Gasteiger partial charge in [0.2, 0.25) is 0 Å². The highest BCUT2D eigenvalue weighted by Crippen LogP contribution is 2.35. The second kappa shape index (κ2) is 5.77. The average Bonchev–Trinajstić information content (AvgIpc) is 2.94. The van der Waals surface area contributed by atoms with Crippen molar-refractivity contribution in [3.05, 3.63) is 71.9 Å². The minimum atomic E-state index is -0.0704. The van der Waals surface area contributed by atoms with E-state index in [1.807, 2.05) is 72.3 Å². The predicted octanol–water partition coefficient (Wildman–Crippen LogP) is 3.50. The van der Waals surface area contributed by atoms with Crippen molar-refractivity contribution < 1.29 is 9.53 Å². The number of nitrogens with one attached hydrogen (secondary N) is 2. The Hall–Kier alpha value is -3.21. The molecule has 0 spiro atoms. The van der Waals surface area contributed by atoms with Crippen LogP contribution in [0.2, 0.25) is 0 Å². The Morgan fingerprint density at radius 3 is 2.62 bits per heavy atom. The lowest BCUT2D eigenvalue weighted by atomic mass is 10.1. The summed E-state index contributed by atoms with van der Waals surface area (Å²) >= 11 is 0. The van der Waals surface area contributed by atoms with E-state index < -0.39 is 0 Å². The van der Waals surface area contributed by atoms with Crippen molar-refractivity contribution in [1.82, 2.24) is 9.99 Å². The van der Waals surface area contributed by atoms with Crippen LogP contribution in [0.3, 0.4) is 0 Å². The number of nitrogens with zero attached hydrogens (tertiary/aromatic N) is 1. The molecule has 3 aromatic rings. The summed E-state index contributed by atoms with van der Waals surface area (Å²) in [6.07, 6.45) is 0. The molecule has 1 amide bonds. The van der Waals surface area contributed by atoms with E-state index >= 15 is 0 Å². The molecular formula is C19H17N3O2. The number of fused-ring (bicyclic) bond motifs is 1. The van der Waals surface area contributed by atoms with Gasteiger partial charge in [0.1, 0.15) is 23.9 Å². The Morgan fingerprint density at radius 1 is 1.04 bits per heavy atom. The van der Waals surface area contributed by atoms with Crippen LogP contribution in [0.15, 0.2) is 60.7 Å². The van der Waals surface area contributed by atoms with Gasteiger partial charge in [0.25, 0.3) is 5.91 Å². The van der Waals surface area contributed by atoms with E-state index in [0.717, 1.165) is 28.3 Å². The van der Waals surface area contributed by atoms with E-state index in [-0.39, 0.29) is 5.91 Å². The van der Waals surface area contributed by atoms with Gasteiger partial charge in [0, 0.05) is 5.56 Å². The summed E-state index contributed by atoms with van der Waals surface area (Å²) < 4.78 is 7.88. The van der Waals surface area contributed by atoms with E-state index in [2.05, 4.69) is 10.7 Å². The van der Waals surface area contributed by atoms with Crippen molar-refractivity contribution in [2.45, 2.75) is 6.92 Å². The van der Waals surface area contributed by atoms with Gasteiger partial charge in [-0.2, -0.15) is 0 Å². The molecule has 0 saturated heterocycles. The first-order valence-electron chi connectivity index (χ1n) is 7.81. The largest absolute Gasteiger partial charge is 0.457 e. The number of aryl methyl sites for hydroxylation is 1. The Morgan fingerprint density at radius 2 is 1.79 bits per heavy atom. The first kappa shape index (κ1) is 14.4. The number of carbonyl (C=O) groups is 1. The molecule has 24 heavy (non-hydrogen) atoms. The second-order valence-electron chi connectivity index (χ2n) is 5.65. The van der Waals surface area contributed by atoms with Crippen LogP contribution in [0.25, 0.3) is 11.3 Å². The van der Waals surface area contributed by atoms with Crippen LogP contribution in [0.5, 0.6) is 11.5 Å². The summed E-state index contributed by atoms with van der Waals surface area (Å²) in [6, 6.07) is 19.5. The van der Waals surface area contributed by atoms with Crippen molar-refractivity contribution in [3.63, 3.8) is 0 Å². The third-order valence-corrected chi connectivity index (χ3v) is 4.03. The monoisotopic (exact) mass is 319 g/mol. The number of carbonyl (C=O) groups excluding carboxylic acids is 1. The van der Waals surface area contributed by atoms with Gasteiger partial charge in [0.15, 0.2) is 0 Å². The van der Waals surface area contributed by atoms with Gasteiger partial charge in [-0.25, -0.2) is 0 Å². The zero-order valence-electron chi connectivity index (χ0n) is 13.2. The van der Waals surface area contributed by atoms with E-state index in [9.17, 15) is 4.79 Å². The molecule has 2 N–H and O–H groups in total. The summed E-state index contributed by atoms with van der Waals surface area (Å²) in [5, 5.41) is 2.80. The molecule has 0 radical (unpaired) electrons. The Bertz CT molecular complexity index is 900. The maximum absolute atomic E-state index is 12.1. The molecule has 0 fully saturated rings. The minimum absolute atomic E-state index is 0.0704. The molecule has 5 heteroatoms. The molecule has 0 bridgehead atoms. The predicted molar refractivity (Wildman–Crippen MR) is 92.8 cm³/mol. The smallest absolute Gasteiger partial charge is 0.271 e. The summed E-state index contributed by atoms with van der Waals surface area (Å²) in [5.41, 5.74) is 6.59. The summed E-state index contributed by atoms with van der Waals surface area (Å²) in [6.45, 7) is 2.33. The van der Waals surface area contributed by atoms with Gasteiger partial charge in [-0.1, -0.05) is 30.3 Å². The lowest BCUT2D eigenvalue weighted by Gasteiger charge is -2.22. The first-order valence-corrected chi connectivity index (χ1v) is 7.81. The lowest BCUT2D eigenvalue weighted by molar-refractivity contribution is 0.0936. The number of para-hydroxylation sites is 2. The van der Waals surface area contributed by atoms with E-state index in [1.54, 1.807) is 0 Å². The SMILES string of the molecule is Cc1cc(-c2ccccc2Oc2ccccc2)n2c1C(=O)NCN2. The van der Waals surface area contributed by atoms with Crippen LogP contribution >= 0.6 is 0 Å². The van der Waals surface area contributed by atoms with Crippen molar-refractivity contribution in [2.24, 2.45) is 0 Å². The maximum atomic E-state index is 12.1. The standard InChI is InChI=1S/C19H17N3O2/c1-13-11-16(22-18(13)19(23)20-12-21-22)15-9-5-6-10-17(15)24-14-7-3-2-4-8-14/h2-11,21H,12H2,1H3,(H,20,23). The number of aromatic nitrogens is 1. The van der Waals surface area contributed by atoms with Gasteiger partial charge in [-0.05, 0) is 42.8 Å². The van der Waals surface area contributed by atoms with Crippen LogP contribution in [0, 0.1) is 6.92 Å². The number of rotatable bonds is 3. The van der Waals surface area contributed by atoms with Gasteiger partial charge < -0.3 is 15.5 Å². The summed E-state index contributed by atoms with van der Waals surface area (Å²) in [5.74, 6) is 1.45.